The average Bonchev–Trinajstić information content (AvgIpc) is 2.92. The van der Waals surface area contributed by atoms with Gasteiger partial charge in [-0.1, -0.05) is 12.1 Å². The molecule has 0 aliphatic rings. The number of halogens is 3. The quantitative estimate of drug-likeness (QED) is 0.713. The van der Waals surface area contributed by atoms with Crippen LogP contribution in [0, 0.1) is 0 Å². The van der Waals surface area contributed by atoms with Gasteiger partial charge in [0.25, 0.3) is 5.91 Å². The van der Waals surface area contributed by atoms with Crippen LogP contribution in [-0.2, 0) is 6.18 Å². The predicted octanol–water partition coefficient (Wildman–Crippen LogP) is 4.06. The van der Waals surface area contributed by atoms with E-state index in [1.165, 1.54) is 0 Å². The highest BCUT2D eigenvalue weighted by molar-refractivity contribution is 7.21. The lowest BCUT2D eigenvalue weighted by atomic mass is 10.0. The number of nitrogens with two attached hydrogens (primary N) is 2. The highest BCUT2D eigenvalue weighted by Gasteiger charge is 2.34. The molecule has 5 nitrogen and oxygen atoms in total. The van der Waals surface area contributed by atoms with Crippen LogP contribution in [0.15, 0.2) is 30.3 Å². The zero-order valence-electron chi connectivity index (χ0n) is 13.6. The number of primary amides is 1. The Balaban J connectivity index is 2.28. The Morgan fingerprint density at radius 3 is 2.46 bits per heavy atom. The smallest absolute Gasteiger partial charge is 0.433 e. The van der Waals surface area contributed by atoms with Gasteiger partial charge in [0.05, 0.1) is 12.3 Å². The largest absolute Gasteiger partial charge is 0.494 e. The van der Waals surface area contributed by atoms with E-state index in [0.717, 1.165) is 17.4 Å². The molecular formula is C17H14F3N3O2S. The fourth-order valence-electron chi connectivity index (χ4n) is 2.57. The lowest BCUT2D eigenvalue weighted by molar-refractivity contribution is -0.140. The number of amides is 1. The highest BCUT2D eigenvalue weighted by Crippen LogP contribution is 2.42. The van der Waals surface area contributed by atoms with Crippen molar-refractivity contribution in [3.8, 4) is 16.9 Å². The number of alkyl halides is 3. The van der Waals surface area contributed by atoms with Crippen LogP contribution in [0.4, 0.5) is 18.9 Å². The number of pyridine rings is 1. The number of nitrogen functional groups attached to an aromatic ring is 1. The minimum absolute atomic E-state index is 0.00927. The summed E-state index contributed by atoms with van der Waals surface area (Å²) < 4.78 is 45.1. The summed E-state index contributed by atoms with van der Waals surface area (Å²) in [6, 6.07) is 7.47. The number of aromatic nitrogens is 1. The minimum atomic E-state index is -4.64. The number of thiophene rings is 1. The number of ether oxygens (including phenoxy) is 1. The molecule has 4 N–H and O–H groups in total. The molecule has 3 aromatic rings. The van der Waals surface area contributed by atoms with Crippen LogP contribution < -0.4 is 16.2 Å². The normalized spacial score (nSPS) is 11.7. The fourth-order valence-corrected chi connectivity index (χ4v) is 3.55. The van der Waals surface area contributed by atoms with Crippen LogP contribution >= 0.6 is 11.3 Å². The van der Waals surface area contributed by atoms with Crippen LogP contribution in [-0.4, -0.2) is 17.5 Å². The number of hydrogen-bond acceptors (Lipinski definition) is 5. The van der Waals surface area contributed by atoms with Crippen molar-refractivity contribution >= 4 is 33.1 Å². The third-order valence-corrected chi connectivity index (χ3v) is 4.80. The van der Waals surface area contributed by atoms with Gasteiger partial charge in [-0.3, -0.25) is 4.79 Å². The van der Waals surface area contributed by atoms with Crippen molar-refractivity contribution in [3.05, 3.63) is 40.9 Å². The van der Waals surface area contributed by atoms with Crippen molar-refractivity contribution in [2.45, 2.75) is 13.1 Å². The number of hydrogen-bond donors (Lipinski definition) is 2. The molecule has 0 fully saturated rings. The van der Waals surface area contributed by atoms with Crippen molar-refractivity contribution in [3.63, 3.8) is 0 Å². The predicted molar refractivity (Wildman–Crippen MR) is 94.2 cm³/mol. The Kier molecular flexibility index (Phi) is 4.49. The van der Waals surface area contributed by atoms with Crippen LogP contribution in [0.25, 0.3) is 21.3 Å². The maximum Gasteiger partial charge on any atom is 0.433 e. The maximum absolute atomic E-state index is 13.2. The number of carbonyl (C=O) groups is 1. The van der Waals surface area contributed by atoms with E-state index in [9.17, 15) is 18.0 Å². The first-order valence-corrected chi connectivity index (χ1v) is 8.37. The van der Waals surface area contributed by atoms with E-state index in [0.29, 0.717) is 17.9 Å². The Labute approximate surface area is 150 Å². The lowest BCUT2D eigenvalue weighted by Crippen LogP contribution is -2.10. The molecule has 0 atom stereocenters. The SMILES string of the molecule is CCOc1ccc(-c2cc(C(F)(F)F)nc3sc(C(N)=O)c(N)c23)cc1. The van der Waals surface area contributed by atoms with Gasteiger partial charge in [0.15, 0.2) is 0 Å². The van der Waals surface area contributed by atoms with Crippen LogP contribution in [0.1, 0.15) is 22.3 Å². The molecule has 0 spiro atoms. The van der Waals surface area contributed by atoms with Crippen molar-refractivity contribution < 1.29 is 22.7 Å². The Morgan fingerprint density at radius 1 is 1.27 bits per heavy atom. The van der Waals surface area contributed by atoms with Gasteiger partial charge in [-0.25, -0.2) is 4.98 Å². The fraction of sp³-hybridized carbons (Fsp3) is 0.176. The molecule has 2 heterocycles. The first-order valence-electron chi connectivity index (χ1n) is 7.55. The first kappa shape index (κ1) is 18.0. The van der Waals surface area contributed by atoms with E-state index >= 15 is 0 Å². The second-order valence-electron chi connectivity index (χ2n) is 5.40. The summed E-state index contributed by atoms with van der Waals surface area (Å²) in [5.41, 5.74) is 10.9. The van der Waals surface area contributed by atoms with Crippen molar-refractivity contribution in [1.29, 1.82) is 0 Å². The van der Waals surface area contributed by atoms with Gasteiger partial charge < -0.3 is 16.2 Å². The molecule has 136 valence electrons. The van der Waals surface area contributed by atoms with Gasteiger partial charge in [-0.05, 0) is 36.2 Å². The Morgan fingerprint density at radius 2 is 1.92 bits per heavy atom. The molecule has 2 aromatic heterocycles. The van der Waals surface area contributed by atoms with Gasteiger partial charge in [-0.15, -0.1) is 11.3 Å². The standard InChI is InChI=1S/C17H14F3N3O2S/c1-2-25-9-5-3-8(4-6-9)10-7-11(17(18,19)20)23-16-12(10)13(21)14(26-16)15(22)24/h3-7H,2,21H2,1H3,(H2,22,24). The third kappa shape index (κ3) is 3.17. The molecule has 0 unspecified atom stereocenters. The number of anilines is 1. The summed E-state index contributed by atoms with van der Waals surface area (Å²) in [7, 11) is 0. The van der Waals surface area contributed by atoms with Gasteiger partial charge in [-0.2, -0.15) is 13.2 Å². The zero-order chi connectivity index (χ0) is 19.1. The molecule has 3 rings (SSSR count). The average molecular weight is 381 g/mol. The summed E-state index contributed by atoms with van der Waals surface area (Å²) in [6.07, 6.45) is -4.64. The Hall–Kier alpha value is -2.81. The highest BCUT2D eigenvalue weighted by atomic mass is 32.1. The van der Waals surface area contributed by atoms with Gasteiger partial charge in [0, 0.05) is 5.39 Å². The molecule has 0 saturated heterocycles. The van der Waals surface area contributed by atoms with E-state index in [-0.39, 0.29) is 26.3 Å². The van der Waals surface area contributed by atoms with Crippen molar-refractivity contribution in [2.24, 2.45) is 5.73 Å². The Bertz CT molecular complexity index is 982. The molecule has 0 aliphatic carbocycles. The first-order chi connectivity index (χ1) is 12.2. The van der Waals surface area contributed by atoms with E-state index in [2.05, 4.69) is 4.98 Å². The second kappa shape index (κ2) is 6.49. The van der Waals surface area contributed by atoms with E-state index in [1.807, 2.05) is 6.92 Å². The van der Waals surface area contributed by atoms with Crippen LogP contribution in [0.5, 0.6) is 5.75 Å². The van der Waals surface area contributed by atoms with Crippen molar-refractivity contribution in [1.82, 2.24) is 4.98 Å². The summed E-state index contributed by atoms with van der Waals surface area (Å²) in [5.74, 6) is -0.217. The third-order valence-electron chi connectivity index (χ3n) is 3.69. The molecule has 1 amide bonds. The van der Waals surface area contributed by atoms with Crippen LogP contribution in [0.2, 0.25) is 0 Å². The molecular weight excluding hydrogens is 367 g/mol. The number of rotatable bonds is 4. The zero-order valence-corrected chi connectivity index (χ0v) is 14.4. The number of benzene rings is 1. The van der Waals surface area contributed by atoms with Crippen LogP contribution in [0.3, 0.4) is 0 Å². The van der Waals surface area contributed by atoms with Gasteiger partial charge in [0.2, 0.25) is 0 Å². The van der Waals surface area contributed by atoms with Gasteiger partial charge >= 0.3 is 6.18 Å². The summed E-state index contributed by atoms with van der Waals surface area (Å²) >= 11 is 0.747. The van der Waals surface area contributed by atoms with Crippen molar-refractivity contribution in [2.75, 3.05) is 12.3 Å². The summed E-state index contributed by atoms with van der Waals surface area (Å²) in [5, 5.41) is 0.279. The molecule has 0 saturated carbocycles. The minimum Gasteiger partial charge on any atom is -0.494 e. The molecule has 9 heteroatoms. The number of carbonyl (C=O) groups excluding carboxylic acids is 1. The van der Waals surface area contributed by atoms with E-state index in [4.69, 9.17) is 16.2 Å². The number of fused-ring (bicyclic) bond motifs is 1. The molecule has 1 aromatic carbocycles. The number of nitrogens with zero attached hydrogens (tertiary/aromatic N) is 1. The maximum atomic E-state index is 13.2. The molecule has 0 aliphatic heterocycles. The molecule has 26 heavy (non-hydrogen) atoms. The lowest BCUT2D eigenvalue weighted by Gasteiger charge is -2.11. The second-order valence-corrected chi connectivity index (χ2v) is 6.40. The topological polar surface area (TPSA) is 91.2 Å². The van der Waals surface area contributed by atoms with E-state index < -0.39 is 17.8 Å². The molecule has 0 bridgehead atoms. The molecule has 0 radical (unpaired) electrons. The van der Waals surface area contributed by atoms with E-state index in [1.54, 1.807) is 24.3 Å². The summed E-state index contributed by atoms with van der Waals surface area (Å²) in [6.45, 7) is 2.30. The monoisotopic (exact) mass is 381 g/mol. The summed E-state index contributed by atoms with van der Waals surface area (Å²) in [4.78, 5) is 15.1. The van der Waals surface area contributed by atoms with Gasteiger partial charge in [0.1, 0.15) is 21.2 Å².